The average Bonchev–Trinajstić information content (AvgIpc) is 3.26. The number of thioether (sulfide) groups is 1. The number of hydrogen-bond acceptors (Lipinski definition) is 7. The van der Waals surface area contributed by atoms with Gasteiger partial charge in [-0.15, -0.1) is 5.10 Å². The van der Waals surface area contributed by atoms with E-state index in [1.165, 1.54) is 17.8 Å². The first-order chi connectivity index (χ1) is 17.0. The van der Waals surface area contributed by atoms with Crippen molar-refractivity contribution in [2.24, 2.45) is 5.92 Å². The lowest BCUT2D eigenvalue weighted by Crippen LogP contribution is -2.39. The number of halogens is 1. The summed E-state index contributed by atoms with van der Waals surface area (Å²) < 4.78 is 15.7. The Morgan fingerprint density at radius 1 is 1.17 bits per heavy atom. The number of carbonyl (C=O) groups is 1. The van der Waals surface area contributed by atoms with Crippen molar-refractivity contribution >= 4 is 29.3 Å². The van der Waals surface area contributed by atoms with E-state index in [4.69, 9.17) is 0 Å². The highest BCUT2D eigenvalue weighted by molar-refractivity contribution is 7.98. The van der Waals surface area contributed by atoms with Crippen LogP contribution in [0.3, 0.4) is 0 Å². The Hall–Kier alpha value is -4.18. The maximum absolute atomic E-state index is 14.1. The Balaban J connectivity index is 1.48. The number of aromatic hydroxyl groups is 1. The summed E-state index contributed by atoms with van der Waals surface area (Å²) in [6, 6.07) is 16.0. The largest absolute Gasteiger partial charge is 0.508 e. The lowest BCUT2D eigenvalue weighted by atomic mass is 9.88. The molecule has 2 aromatic carbocycles. The van der Waals surface area contributed by atoms with Crippen LogP contribution in [0.25, 0.3) is 0 Å². The molecule has 0 aliphatic carbocycles. The molecule has 0 saturated heterocycles. The minimum absolute atomic E-state index is 0.109. The smallest absolute Gasteiger partial charge is 0.236 e. The highest BCUT2D eigenvalue weighted by Gasteiger charge is 2.40. The molecule has 0 fully saturated rings. The molecule has 1 aliphatic heterocycles. The molecular weight excluding hydrogens is 467 g/mol. The van der Waals surface area contributed by atoms with Crippen LogP contribution in [0.5, 0.6) is 5.75 Å². The highest BCUT2D eigenvalue weighted by atomic mass is 32.2. The van der Waals surface area contributed by atoms with Crippen molar-refractivity contribution in [2.45, 2.75) is 17.0 Å². The number of fused-ring (bicyclic) bond motifs is 1. The summed E-state index contributed by atoms with van der Waals surface area (Å²) >= 11 is 1.29. The third-order valence-corrected chi connectivity index (χ3v) is 6.49. The molecule has 3 heterocycles. The van der Waals surface area contributed by atoms with Crippen molar-refractivity contribution < 1.29 is 14.3 Å². The van der Waals surface area contributed by atoms with Crippen molar-refractivity contribution in [3.8, 4) is 5.75 Å². The molecule has 0 bridgehead atoms. The zero-order chi connectivity index (χ0) is 24.4. The Morgan fingerprint density at radius 3 is 2.71 bits per heavy atom. The molecule has 2 unspecified atom stereocenters. The van der Waals surface area contributed by atoms with Crippen LogP contribution in [0.2, 0.25) is 0 Å². The van der Waals surface area contributed by atoms with Gasteiger partial charge in [-0.3, -0.25) is 9.78 Å². The number of amides is 1. The molecule has 10 heteroatoms. The standard InChI is InChI=1S/C25H21FN6O2S/c1-15-21(23(34)29-18-6-4-12-27-13-18)22(16-8-10-19(33)11-9-16)32-24(28-15)30-25(31-32)35-14-17-5-2-3-7-20(17)26/h2-13,21-22,33H,1,14H2,(H,29,34)(H,28,30,31). The van der Waals surface area contributed by atoms with Gasteiger partial charge in [-0.1, -0.05) is 48.7 Å². The summed E-state index contributed by atoms with van der Waals surface area (Å²) in [5, 5.41) is 20.8. The molecule has 2 aromatic heterocycles. The van der Waals surface area contributed by atoms with Gasteiger partial charge >= 0.3 is 0 Å². The van der Waals surface area contributed by atoms with Gasteiger partial charge in [0.2, 0.25) is 17.0 Å². The van der Waals surface area contributed by atoms with Crippen LogP contribution < -0.4 is 10.6 Å². The second-order valence-corrected chi connectivity index (χ2v) is 8.88. The number of phenols is 1. The van der Waals surface area contributed by atoms with E-state index in [-0.39, 0.29) is 17.5 Å². The van der Waals surface area contributed by atoms with Gasteiger partial charge in [0.1, 0.15) is 17.5 Å². The van der Waals surface area contributed by atoms with Crippen LogP contribution in [-0.4, -0.2) is 30.8 Å². The summed E-state index contributed by atoms with van der Waals surface area (Å²) in [4.78, 5) is 22.0. The maximum Gasteiger partial charge on any atom is 0.236 e. The van der Waals surface area contributed by atoms with Gasteiger partial charge in [0.25, 0.3) is 0 Å². The normalized spacial score (nSPS) is 16.9. The maximum atomic E-state index is 14.1. The number of carbonyl (C=O) groups excluding carboxylic acids is 1. The van der Waals surface area contributed by atoms with Crippen LogP contribution in [0.1, 0.15) is 17.2 Å². The van der Waals surface area contributed by atoms with Crippen molar-refractivity contribution in [1.82, 2.24) is 19.7 Å². The van der Waals surface area contributed by atoms with Crippen LogP contribution in [0, 0.1) is 11.7 Å². The van der Waals surface area contributed by atoms with E-state index in [1.54, 1.807) is 71.7 Å². The lowest BCUT2D eigenvalue weighted by Gasteiger charge is -2.33. The predicted octanol–water partition coefficient (Wildman–Crippen LogP) is 4.59. The van der Waals surface area contributed by atoms with E-state index in [1.807, 2.05) is 0 Å². The summed E-state index contributed by atoms with van der Waals surface area (Å²) in [5.74, 6) is -0.433. The Morgan fingerprint density at radius 2 is 1.97 bits per heavy atom. The molecule has 4 aromatic rings. The van der Waals surface area contributed by atoms with E-state index in [0.717, 1.165) is 5.56 Å². The molecule has 0 saturated carbocycles. The Bertz CT molecular complexity index is 1380. The molecule has 0 radical (unpaired) electrons. The molecule has 3 N–H and O–H groups in total. The van der Waals surface area contributed by atoms with Crippen LogP contribution in [0.15, 0.2) is 90.5 Å². The van der Waals surface area contributed by atoms with Crippen LogP contribution >= 0.6 is 11.8 Å². The number of nitrogens with one attached hydrogen (secondary N) is 2. The second kappa shape index (κ2) is 9.59. The molecule has 8 nitrogen and oxygen atoms in total. The fourth-order valence-electron chi connectivity index (χ4n) is 3.92. The molecule has 5 rings (SSSR count). The van der Waals surface area contributed by atoms with E-state index in [2.05, 4.69) is 32.3 Å². The van der Waals surface area contributed by atoms with E-state index in [9.17, 15) is 14.3 Å². The number of pyridine rings is 1. The van der Waals surface area contributed by atoms with Crippen molar-refractivity contribution in [1.29, 1.82) is 0 Å². The van der Waals surface area contributed by atoms with Gasteiger partial charge in [-0.2, -0.15) is 4.98 Å². The van der Waals surface area contributed by atoms with Gasteiger partial charge < -0.3 is 15.7 Å². The van der Waals surface area contributed by atoms with Crippen LogP contribution in [0.4, 0.5) is 16.0 Å². The van der Waals surface area contributed by atoms with Crippen molar-refractivity contribution in [3.63, 3.8) is 0 Å². The van der Waals surface area contributed by atoms with E-state index >= 15 is 0 Å². The molecule has 176 valence electrons. The summed E-state index contributed by atoms with van der Waals surface area (Å²) in [5.41, 5.74) is 2.30. The summed E-state index contributed by atoms with van der Waals surface area (Å²) in [6.45, 7) is 4.09. The third-order valence-electron chi connectivity index (χ3n) is 5.60. The molecule has 1 amide bonds. The molecule has 0 spiro atoms. The van der Waals surface area contributed by atoms with E-state index < -0.39 is 12.0 Å². The quantitative estimate of drug-likeness (QED) is 0.341. The predicted molar refractivity (Wildman–Crippen MR) is 131 cm³/mol. The summed E-state index contributed by atoms with van der Waals surface area (Å²) in [7, 11) is 0. The minimum Gasteiger partial charge on any atom is -0.508 e. The van der Waals surface area contributed by atoms with Crippen LogP contribution in [-0.2, 0) is 10.5 Å². The summed E-state index contributed by atoms with van der Waals surface area (Å²) in [6.07, 6.45) is 3.18. The minimum atomic E-state index is -0.738. The first-order valence-electron chi connectivity index (χ1n) is 10.8. The Kier molecular flexibility index (Phi) is 6.19. The lowest BCUT2D eigenvalue weighted by molar-refractivity contribution is -0.119. The van der Waals surface area contributed by atoms with Gasteiger partial charge in [-0.25, -0.2) is 9.07 Å². The topological polar surface area (TPSA) is 105 Å². The first-order valence-corrected chi connectivity index (χ1v) is 11.8. The fraction of sp³-hybridized carbons (Fsp3) is 0.120. The zero-order valence-corrected chi connectivity index (χ0v) is 19.2. The van der Waals surface area contributed by atoms with Gasteiger partial charge in [-0.05, 0) is 41.5 Å². The molecule has 35 heavy (non-hydrogen) atoms. The highest BCUT2D eigenvalue weighted by Crippen LogP contribution is 2.39. The average molecular weight is 489 g/mol. The SMILES string of the molecule is C=C1Nc2nc(SCc3ccccc3F)nn2C(c2ccc(O)cc2)C1C(=O)Nc1cccnc1. The monoisotopic (exact) mass is 488 g/mol. The zero-order valence-electron chi connectivity index (χ0n) is 18.4. The molecule has 1 aliphatic rings. The van der Waals surface area contributed by atoms with Gasteiger partial charge in [0, 0.05) is 17.6 Å². The van der Waals surface area contributed by atoms with Crippen molar-refractivity contribution in [3.05, 3.63) is 102 Å². The van der Waals surface area contributed by atoms with Gasteiger partial charge in [0.15, 0.2) is 0 Å². The van der Waals surface area contributed by atoms with Crippen molar-refractivity contribution in [2.75, 3.05) is 10.6 Å². The number of phenolic OH excluding ortho intramolecular Hbond substituents is 1. The fourth-order valence-corrected chi connectivity index (χ4v) is 4.73. The van der Waals surface area contributed by atoms with Gasteiger partial charge in [0.05, 0.1) is 17.9 Å². The third kappa shape index (κ3) is 4.73. The molecule has 2 atom stereocenters. The number of hydrogen-bond donors (Lipinski definition) is 3. The number of nitrogens with zero attached hydrogens (tertiary/aromatic N) is 4. The number of anilines is 2. The first kappa shape index (κ1) is 22.6. The number of aromatic nitrogens is 4. The Labute approximate surface area is 204 Å². The number of rotatable bonds is 6. The molecular formula is C25H21FN6O2S. The second-order valence-electron chi connectivity index (χ2n) is 7.94. The number of benzene rings is 2. The van der Waals surface area contributed by atoms with E-state index in [0.29, 0.717) is 33.8 Å².